The first-order chi connectivity index (χ1) is 10.5. The van der Waals surface area contributed by atoms with Crippen LogP contribution in [0.15, 0.2) is 48.5 Å². The van der Waals surface area contributed by atoms with Crippen LogP contribution >= 0.6 is 12.2 Å². The van der Waals surface area contributed by atoms with Gasteiger partial charge in [0.2, 0.25) is 0 Å². The number of carbonyl (C=O) groups is 2. The first-order valence-electron chi connectivity index (χ1n) is 6.20. The zero-order valence-corrected chi connectivity index (χ0v) is 12.1. The monoisotopic (exact) mass is 316 g/mol. The Morgan fingerprint density at radius 3 is 2.32 bits per heavy atom. The van der Waals surface area contributed by atoms with Gasteiger partial charge in [-0.15, -0.1) is 0 Å². The summed E-state index contributed by atoms with van der Waals surface area (Å²) in [6.45, 7) is 0. The standard InChI is InChI=1S/C15H12N2O4S/c18-12-7-10(14(20)21)6-11(8-12)16-15(22)17-13(19)9-4-2-1-3-5-9/h1-8,18H,(H,20,21)(H2,16,17,19,22). The Labute approximate surface area is 131 Å². The molecule has 6 nitrogen and oxygen atoms in total. The summed E-state index contributed by atoms with van der Waals surface area (Å²) in [5.74, 6) is -1.80. The fourth-order valence-corrected chi connectivity index (χ4v) is 1.94. The molecule has 2 aromatic rings. The molecule has 0 bridgehead atoms. The number of benzene rings is 2. The Morgan fingerprint density at radius 2 is 1.68 bits per heavy atom. The van der Waals surface area contributed by atoms with E-state index in [1.807, 2.05) is 0 Å². The van der Waals surface area contributed by atoms with Gasteiger partial charge in [-0.25, -0.2) is 4.79 Å². The highest BCUT2D eigenvalue weighted by molar-refractivity contribution is 7.80. The topological polar surface area (TPSA) is 98.7 Å². The Bertz CT molecular complexity index is 732. The molecule has 0 saturated carbocycles. The van der Waals surface area contributed by atoms with Gasteiger partial charge in [-0.05, 0) is 36.5 Å². The first-order valence-corrected chi connectivity index (χ1v) is 6.61. The number of phenols is 1. The van der Waals surface area contributed by atoms with E-state index in [-0.39, 0.29) is 22.1 Å². The Morgan fingerprint density at radius 1 is 1.00 bits per heavy atom. The minimum Gasteiger partial charge on any atom is -0.508 e. The predicted molar refractivity (Wildman–Crippen MR) is 85.2 cm³/mol. The fourth-order valence-electron chi connectivity index (χ4n) is 1.73. The minimum absolute atomic E-state index is 0.00390. The van der Waals surface area contributed by atoms with Crippen LogP contribution in [0.1, 0.15) is 20.7 Å². The van der Waals surface area contributed by atoms with Crippen molar-refractivity contribution in [2.45, 2.75) is 0 Å². The molecule has 4 N–H and O–H groups in total. The molecule has 1 amide bonds. The molecule has 0 atom stereocenters. The van der Waals surface area contributed by atoms with Gasteiger partial charge in [0, 0.05) is 17.3 Å². The van der Waals surface area contributed by atoms with Crippen molar-refractivity contribution in [1.82, 2.24) is 5.32 Å². The lowest BCUT2D eigenvalue weighted by molar-refractivity contribution is 0.0696. The number of hydrogen-bond acceptors (Lipinski definition) is 4. The van der Waals surface area contributed by atoms with Crippen LogP contribution < -0.4 is 10.6 Å². The molecule has 0 heterocycles. The molecular weight excluding hydrogens is 304 g/mol. The number of anilines is 1. The van der Waals surface area contributed by atoms with Crippen LogP contribution in [0.5, 0.6) is 5.75 Å². The average molecular weight is 316 g/mol. The molecular formula is C15H12N2O4S. The number of phenolic OH excluding ortho intramolecular Hbond substituents is 1. The molecule has 0 radical (unpaired) electrons. The number of carboxylic acids is 1. The van der Waals surface area contributed by atoms with E-state index >= 15 is 0 Å². The Hall–Kier alpha value is -2.93. The highest BCUT2D eigenvalue weighted by Crippen LogP contribution is 2.19. The number of carboxylic acid groups (broad SMARTS) is 1. The van der Waals surface area contributed by atoms with Crippen LogP contribution in [0.2, 0.25) is 0 Å². The van der Waals surface area contributed by atoms with Crippen molar-refractivity contribution in [2.75, 3.05) is 5.32 Å². The van der Waals surface area contributed by atoms with Crippen molar-refractivity contribution in [3.05, 3.63) is 59.7 Å². The lowest BCUT2D eigenvalue weighted by Crippen LogP contribution is -2.34. The summed E-state index contributed by atoms with van der Waals surface area (Å²) in [5, 5.41) is 23.5. The van der Waals surface area contributed by atoms with Crippen LogP contribution in [-0.2, 0) is 0 Å². The zero-order valence-electron chi connectivity index (χ0n) is 11.2. The molecule has 0 aliphatic rings. The highest BCUT2D eigenvalue weighted by Gasteiger charge is 2.10. The van der Waals surface area contributed by atoms with Gasteiger partial charge in [0.1, 0.15) is 5.75 Å². The summed E-state index contributed by atoms with van der Waals surface area (Å²) in [6.07, 6.45) is 0. The lowest BCUT2D eigenvalue weighted by atomic mass is 10.2. The summed E-state index contributed by atoms with van der Waals surface area (Å²) in [7, 11) is 0. The molecule has 2 rings (SSSR count). The third-order valence-electron chi connectivity index (χ3n) is 2.69. The molecule has 112 valence electrons. The molecule has 2 aromatic carbocycles. The number of rotatable bonds is 3. The number of aromatic carboxylic acids is 1. The second-order valence-corrected chi connectivity index (χ2v) is 4.76. The van der Waals surface area contributed by atoms with Gasteiger partial charge in [-0.3, -0.25) is 10.1 Å². The molecule has 0 fully saturated rings. The minimum atomic E-state index is -1.18. The normalized spacial score (nSPS) is 9.82. The van der Waals surface area contributed by atoms with E-state index in [1.165, 1.54) is 12.1 Å². The van der Waals surface area contributed by atoms with E-state index < -0.39 is 11.9 Å². The van der Waals surface area contributed by atoms with Gasteiger partial charge in [0.25, 0.3) is 5.91 Å². The van der Waals surface area contributed by atoms with E-state index in [1.54, 1.807) is 30.3 Å². The number of aromatic hydroxyl groups is 1. The number of nitrogens with one attached hydrogen (secondary N) is 2. The summed E-state index contributed by atoms with van der Waals surface area (Å²) < 4.78 is 0. The smallest absolute Gasteiger partial charge is 0.335 e. The molecule has 22 heavy (non-hydrogen) atoms. The third-order valence-corrected chi connectivity index (χ3v) is 2.89. The molecule has 0 aliphatic carbocycles. The SMILES string of the molecule is O=C(O)c1cc(O)cc(NC(=S)NC(=O)c2ccccc2)c1. The van der Waals surface area contributed by atoms with Gasteiger partial charge in [0.05, 0.1) is 5.56 Å². The highest BCUT2D eigenvalue weighted by atomic mass is 32.1. The predicted octanol–water partition coefficient (Wildman–Crippen LogP) is 2.22. The first kappa shape index (κ1) is 15.5. The molecule has 0 spiro atoms. The number of hydrogen-bond donors (Lipinski definition) is 4. The third kappa shape index (κ3) is 4.03. The molecule has 0 aliphatic heterocycles. The molecule has 0 saturated heterocycles. The van der Waals surface area contributed by atoms with Crippen molar-refractivity contribution in [3.8, 4) is 5.75 Å². The van der Waals surface area contributed by atoms with Crippen molar-refractivity contribution < 1.29 is 19.8 Å². The van der Waals surface area contributed by atoms with Crippen LogP contribution in [0.4, 0.5) is 5.69 Å². The van der Waals surface area contributed by atoms with Crippen LogP contribution in [-0.4, -0.2) is 27.2 Å². The van der Waals surface area contributed by atoms with Crippen LogP contribution in [0.3, 0.4) is 0 Å². The van der Waals surface area contributed by atoms with E-state index in [0.717, 1.165) is 6.07 Å². The fraction of sp³-hybridized carbons (Fsp3) is 0. The number of carbonyl (C=O) groups excluding carboxylic acids is 1. The zero-order chi connectivity index (χ0) is 16.1. The van der Waals surface area contributed by atoms with Gasteiger partial charge in [-0.2, -0.15) is 0 Å². The van der Waals surface area contributed by atoms with E-state index in [4.69, 9.17) is 17.3 Å². The maximum absolute atomic E-state index is 11.9. The maximum Gasteiger partial charge on any atom is 0.335 e. The quantitative estimate of drug-likeness (QED) is 0.648. The summed E-state index contributed by atoms with van der Waals surface area (Å²) in [6, 6.07) is 12.2. The van der Waals surface area contributed by atoms with Gasteiger partial charge < -0.3 is 15.5 Å². The van der Waals surface area contributed by atoms with E-state index in [9.17, 15) is 14.7 Å². The van der Waals surface area contributed by atoms with Gasteiger partial charge in [0.15, 0.2) is 5.11 Å². The summed E-state index contributed by atoms with van der Waals surface area (Å²) in [4.78, 5) is 22.8. The van der Waals surface area contributed by atoms with Crippen LogP contribution in [0, 0.1) is 0 Å². The lowest BCUT2D eigenvalue weighted by Gasteiger charge is -2.10. The summed E-state index contributed by atoms with van der Waals surface area (Å²) in [5.41, 5.74) is 0.601. The van der Waals surface area contributed by atoms with E-state index in [2.05, 4.69) is 10.6 Å². The van der Waals surface area contributed by atoms with Crippen molar-refractivity contribution in [3.63, 3.8) is 0 Å². The number of amides is 1. The molecule has 0 unspecified atom stereocenters. The van der Waals surface area contributed by atoms with E-state index in [0.29, 0.717) is 5.56 Å². The average Bonchev–Trinajstić information content (AvgIpc) is 2.47. The second kappa shape index (κ2) is 6.68. The number of thiocarbonyl (C=S) groups is 1. The maximum atomic E-state index is 11.9. The second-order valence-electron chi connectivity index (χ2n) is 4.35. The van der Waals surface area contributed by atoms with Gasteiger partial charge >= 0.3 is 5.97 Å². The summed E-state index contributed by atoms with van der Waals surface area (Å²) >= 11 is 4.99. The Balaban J connectivity index is 2.06. The largest absolute Gasteiger partial charge is 0.508 e. The molecule has 0 aromatic heterocycles. The van der Waals surface area contributed by atoms with Crippen molar-refractivity contribution in [2.24, 2.45) is 0 Å². The molecule has 7 heteroatoms. The van der Waals surface area contributed by atoms with Crippen molar-refractivity contribution >= 4 is 34.9 Å². The van der Waals surface area contributed by atoms with Gasteiger partial charge in [-0.1, -0.05) is 18.2 Å². The van der Waals surface area contributed by atoms with Crippen LogP contribution in [0.25, 0.3) is 0 Å². The van der Waals surface area contributed by atoms with Crippen molar-refractivity contribution in [1.29, 1.82) is 0 Å². The Kier molecular flexibility index (Phi) is 4.70.